The lowest BCUT2D eigenvalue weighted by atomic mass is 10.2. The van der Waals surface area contributed by atoms with Gasteiger partial charge in [0.15, 0.2) is 0 Å². The van der Waals surface area contributed by atoms with Crippen LogP contribution in [0, 0.1) is 13.8 Å². The number of aryl methyl sites for hydroxylation is 3. The van der Waals surface area contributed by atoms with Crippen molar-refractivity contribution in [3.05, 3.63) is 40.7 Å². The number of nitrogens with zero attached hydrogens (tertiary/aromatic N) is 4. The van der Waals surface area contributed by atoms with E-state index < -0.39 is 10.0 Å². The van der Waals surface area contributed by atoms with Crippen molar-refractivity contribution in [1.29, 1.82) is 0 Å². The van der Waals surface area contributed by atoms with Crippen molar-refractivity contribution in [2.24, 2.45) is 7.05 Å². The van der Waals surface area contributed by atoms with Gasteiger partial charge in [0.05, 0.1) is 5.69 Å². The second-order valence-corrected chi connectivity index (χ2v) is 9.66. The highest BCUT2D eigenvalue weighted by Gasteiger charge is 2.24. The van der Waals surface area contributed by atoms with Crippen LogP contribution in [0.3, 0.4) is 0 Å². The molecule has 3 rings (SSSR count). The third-order valence-corrected chi connectivity index (χ3v) is 7.46. The molecule has 1 N–H and O–H groups in total. The molecule has 0 amide bonds. The number of unbranched alkanes of at least 4 members (excludes halogenated alkanes) is 1. The third-order valence-electron chi connectivity index (χ3n) is 5.30. The molecule has 0 aliphatic carbocycles. The third kappa shape index (κ3) is 5.51. The van der Waals surface area contributed by atoms with E-state index in [0.29, 0.717) is 12.2 Å². The topological polar surface area (TPSA) is 70.5 Å². The fraction of sp³-hybridized carbons (Fsp3) is 0.550. The second kappa shape index (κ2) is 9.47. The second-order valence-electron chi connectivity index (χ2n) is 7.60. The number of rotatable bonds is 8. The minimum Gasteiger partial charge on any atom is -0.369 e. The highest BCUT2D eigenvalue weighted by atomic mass is 35.5. The number of aromatic nitrogens is 2. The van der Waals surface area contributed by atoms with E-state index in [1.165, 1.54) is 15.9 Å². The van der Waals surface area contributed by atoms with E-state index in [4.69, 9.17) is 11.6 Å². The first-order valence-corrected chi connectivity index (χ1v) is 11.9. The maximum atomic E-state index is 12.5. The molecule has 1 fully saturated rings. The van der Waals surface area contributed by atoms with Crippen LogP contribution in [0.15, 0.2) is 29.2 Å². The van der Waals surface area contributed by atoms with E-state index in [1.807, 2.05) is 0 Å². The molecule has 0 unspecified atom stereocenters. The fourth-order valence-corrected chi connectivity index (χ4v) is 5.53. The first kappa shape index (κ1) is 22.1. The first-order chi connectivity index (χ1) is 13.8. The summed E-state index contributed by atoms with van der Waals surface area (Å²) in [6.45, 7) is 9.26. The maximum absolute atomic E-state index is 12.5. The number of sulfonamides is 1. The molecule has 1 aliphatic heterocycles. The van der Waals surface area contributed by atoms with Gasteiger partial charge in [-0.05, 0) is 50.9 Å². The molecule has 2 heterocycles. The summed E-state index contributed by atoms with van der Waals surface area (Å²) in [4.78, 5) is 4.95. The van der Waals surface area contributed by atoms with Crippen molar-refractivity contribution in [2.45, 2.75) is 31.6 Å². The van der Waals surface area contributed by atoms with Gasteiger partial charge in [0, 0.05) is 45.5 Å². The summed E-state index contributed by atoms with van der Waals surface area (Å²) in [6, 6.07) is 8.64. The van der Waals surface area contributed by atoms with Gasteiger partial charge in [0.2, 0.25) is 10.0 Å². The number of benzene rings is 1. The highest BCUT2D eigenvalue weighted by Crippen LogP contribution is 2.23. The summed E-state index contributed by atoms with van der Waals surface area (Å²) in [5.74, 6) is 0. The van der Waals surface area contributed by atoms with E-state index in [0.717, 1.165) is 45.6 Å². The molecule has 2 aromatic rings. The van der Waals surface area contributed by atoms with Crippen molar-refractivity contribution in [3.8, 4) is 0 Å². The van der Waals surface area contributed by atoms with Crippen molar-refractivity contribution in [2.75, 3.05) is 44.2 Å². The van der Waals surface area contributed by atoms with Crippen molar-refractivity contribution in [1.82, 2.24) is 19.4 Å². The fourth-order valence-electron chi connectivity index (χ4n) is 3.71. The minimum absolute atomic E-state index is 0.0777. The SMILES string of the molecule is Cc1cccc(N2CCN(CCCCNS(=O)(=O)c3c(C)nn(C)c3Cl)CC2)c1. The van der Waals surface area contributed by atoms with Crippen molar-refractivity contribution < 1.29 is 8.42 Å². The summed E-state index contributed by atoms with van der Waals surface area (Å²) in [5.41, 5.74) is 3.00. The lowest BCUT2D eigenvalue weighted by molar-refractivity contribution is 0.253. The molecule has 0 atom stereocenters. The van der Waals surface area contributed by atoms with Gasteiger partial charge in [0.25, 0.3) is 0 Å². The van der Waals surface area contributed by atoms with Crippen LogP contribution >= 0.6 is 11.6 Å². The number of piperazine rings is 1. The molecule has 1 aliphatic rings. The molecule has 1 aromatic carbocycles. The van der Waals surface area contributed by atoms with E-state index in [9.17, 15) is 8.42 Å². The predicted molar refractivity (Wildman–Crippen MR) is 117 cm³/mol. The zero-order valence-electron chi connectivity index (χ0n) is 17.4. The predicted octanol–water partition coefficient (Wildman–Crippen LogP) is 2.57. The molecule has 0 spiro atoms. The Balaban J connectivity index is 1.38. The van der Waals surface area contributed by atoms with Crippen LogP contribution < -0.4 is 9.62 Å². The van der Waals surface area contributed by atoms with Gasteiger partial charge in [-0.15, -0.1) is 0 Å². The molecule has 160 valence electrons. The van der Waals surface area contributed by atoms with Gasteiger partial charge in [-0.1, -0.05) is 23.7 Å². The van der Waals surface area contributed by atoms with Crippen LogP contribution in [0.1, 0.15) is 24.1 Å². The summed E-state index contributed by atoms with van der Waals surface area (Å²) in [6.07, 6.45) is 1.74. The van der Waals surface area contributed by atoms with E-state index in [1.54, 1.807) is 14.0 Å². The quantitative estimate of drug-likeness (QED) is 0.640. The molecular weight excluding hydrogens is 410 g/mol. The van der Waals surface area contributed by atoms with Crippen molar-refractivity contribution >= 4 is 27.3 Å². The molecule has 7 nitrogen and oxygen atoms in total. The van der Waals surface area contributed by atoms with Crippen LogP contribution in [0.25, 0.3) is 0 Å². The molecule has 0 radical (unpaired) electrons. The van der Waals surface area contributed by atoms with E-state index >= 15 is 0 Å². The lowest BCUT2D eigenvalue weighted by Gasteiger charge is -2.36. The van der Waals surface area contributed by atoms with Crippen molar-refractivity contribution in [3.63, 3.8) is 0 Å². The molecule has 9 heteroatoms. The number of hydrogen-bond acceptors (Lipinski definition) is 5. The summed E-state index contributed by atoms with van der Waals surface area (Å²) in [5, 5.41) is 4.21. The van der Waals surface area contributed by atoms with Gasteiger partial charge < -0.3 is 4.90 Å². The van der Waals surface area contributed by atoms with Crippen LogP contribution in [-0.4, -0.2) is 62.4 Å². The largest absolute Gasteiger partial charge is 0.369 e. The zero-order valence-corrected chi connectivity index (χ0v) is 18.9. The summed E-state index contributed by atoms with van der Waals surface area (Å²) >= 11 is 6.08. The molecule has 1 aromatic heterocycles. The Hall–Kier alpha value is -1.61. The Morgan fingerprint density at radius 3 is 2.48 bits per heavy atom. The van der Waals surface area contributed by atoms with Crippen LogP contribution in [-0.2, 0) is 17.1 Å². The van der Waals surface area contributed by atoms with E-state index in [-0.39, 0.29) is 10.0 Å². The monoisotopic (exact) mass is 439 g/mol. The Morgan fingerprint density at radius 1 is 1.14 bits per heavy atom. The zero-order chi connectivity index (χ0) is 21.0. The Kier molecular flexibility index (Phi) is 7.21. The summed E-state index contributed by atoms with van der Waals surface area (Å²) in [7, 11) is -2.00. The number of halogens is 1. The van der Waals surface area contributed by atoms with Gasteiger partial charge in [0.1, 0.15) is 10.0 Å². The normalized spacial score (nSPS) is 15.8. The lowest BCUT2D eigenvalue weighted by Crippen LogP contribution is -2.46. The molecule has 0 bridgehead atoms. The van der Waals surface area contributed by atoms with Gasteiger partial charge >= 0.3 is 0 Å². The average Bonchev–Trinajstić information content (AvgIpc) is 2.94. The van der Waals surface area contributed by atoms with Crippen LogP contribution in [0.5, 0.6) is 0 Å². The molecule has 29 heavy (non-hydrogen) atoms. The Morgan fingerprint density at radius 2 is 1.86 bits per heavy atom. The van der Waals surface area contributed by atoms with Gasteiger partial charge in [-0.25, -0.2) is 13.1 Å². The average molecular weight is 440 g/mol. The maximum Gasteiger partial charge on any atom is 0.245 e. The smallest absolute Gasteiger partial charge is 0.245 e. The first-order valence-electron chi connectivity index (χ1n) is 10.0. The Bertz CT molecular complexity index is 936. The highest BCUT2D eigenvalue weighted by molar-refractivity contribution is 7.89. The number of nitrogens with one attached hydrogen (secondary N) is 1. The summed E-state index contributed by atoms with van der Waals surface area (Å²) < 4.78 is 29.0. The molecule has 1 saturated heterocycles. The minimum atomic E-state index is -3.63. The Labute approximate surface area is 178 Å². The van der Waals surface area contributed by atoms with Gasteiger partial charge in [-0.2, -0.15) is 5.10 Å². The standard InChI is InChI=1S/C20H30ClN5O2S/c1-16-7-6-8-18(15-16)26-13-11-25(12-14-26)10-5-4-9-22-29(27,28)19-17(2)23-24(3)20(19)21/h6-8,15,22H,4-5,9-14H2,1-3H3. The van der Waals surface area contributed by atoms with Crippen LogP contribution in [0.4, 0.5) is 5.69 Å². The molecule has 0 saturated carbocycles. The van der Waals surface area contributed by atoms with E-state index in [2.05, 4.69) is 50.8 Å². The van der Waals surface area contributed by atoms with Gasteiger partial charge in [-0.3, -0.25) is 9.58 Å². The molecular formula is C20H30ClN5O2S. The number of anilines is 1. The van der Waals surface area contributed by atoms with Crippen LogP contribution in [0.2, 0.25) is 5.15 Å². The number of hydrogen-bond donors (Lipinski definition) is 1.